The van der Waals surface area contributed by atoms with Crippen LogP contribution in [0.4, 0.5) is 5.82 Å². The Kier molecular flexibility index (Phi) is 2.64. The van der Waals surface area contributed by atoms with Gasteiger partial charge in [-0.3, -0.25) is 0 Å². The molecule has 2 fully saturated rings. The number of aromatic nitrogens is 1. The van der Waals surface area contributed by atoms with Gasteiger partial charge >= 0.3 is 0 Å². The van der Waals surface area contributed by atoms with Crippen molar-refractivity contribution in [3.63, 3.8) is 0 Å². The highest BCUT2D eigenvalue weighted by atomic mass is 79.9. The quantitative estimate of drug-likeness (QED) is 0.854. The van der Waals surface area contributed by atoms with Crippen molar-refractivity contribution in [1.29, 1.82) is 0 Å². The molecule has 2 aliphatic rings. The summed E-state index contributed by atoms with van der Waals surface area (Å²) in [5.74, 6) is 1.10. The van der Waals surface area contributed by atoms with Crippen molar-refractivity contribution in [3.05, 3.63) is 22.8 Å². The summed E-state index contributed by atoms with van der Waals surface area (Å²) >= 11 is 3.58. The third-order valence-corrected chi connectivity index (χ3v) is 4.43. The molecule has 4 heteroatoms. The van der Waals surface area contributed by atoms with Crippen LogP contribution < -0.4 is 10.2 Å². The number of hydrogen-bond acceptors (Lipinski definition) is 3. The monoisotopic (exact) mass is 281 g/mol. The topological polar surface area (TPSA) is 28.2 Å². The SMILES string of the molecule is Brc1cccnc1N1CCC2(CCNC2)C1. The molecular formula is C12H16BrN3. The molecule has 86 valence electrons. The second-order valence-corrected chi connectivity index (χ2v) is 5.76. The summed E-state index contributed by atoms with van der Waals surface area (Å²) in [5, 5.41) is 3.48. The first-order valence-electron chi connectivity index (χ1n) is 5.85. The highest BCUT2D eigenvalue weighted by Gasteiger charge is 2.40. The van der Waals surface area contributed by atoms with Crippen LogP contribution in [0.5, 0.6) is 0 Å². The molecule has 1 atom stereocenters. The first-order valence-corrected chi connectivity index (χ1v) is 6.65. The molecule has 0 bridgehead atoms. The van der Waals surface area contributed by atoms with Gasteiger partial charge in [0.25, 0.3) is 0 Å². The molecule has 0 aliphatic carbocycles. The van der Waals surface area contributed by atoms with Gasteiger partial charge in [-0.25, -0.2) is 4.98 Å². The van der Waals surface area contributed by atoms with Gasteiger partial charge in [0.1, 0.15) is 5.82 Å². The lowest BCUT2D eigenvalue weighted by atomic mass is 9.87. The molecule has 3 rings (SSSR count). The van der Waals surface area contributed by atoms with Gasteiger partial charge in [-0.2, -0.15) is 0 Å². The van der Waals surface area contributed by atoms with Crippen molar-refractivity contribution in [2.75, 3.05) is 31.1 Å². The molecule has 1 aromatic heterocycles. The second kappa shape index (κ2) is 4.00. The molecule has 16 heavy (non-hydrogen) atoms. The number of nitrogens with one attached hydrogen (secondary N) is 1. The van der Waals surface area contributed by atoms with E-state index in [0.29, 0.717) is 5.41 Å². The zero-order valence-electron chi connectivity index (χ0n) is 9.25. The van der Waals surface area contributed by atoms with Crippen molar-refractivity contribution >= 4 is 21.7 Å². The molecular weight excluding hydrogens is 266 g/mol. The smallest absolute Gasteiger partial charge is 0.142 e. The van der Waals surface area contributed by atoms with Crippen LogP contribution in [0.1, 0.15) is 12.8 Å². The van der Waals surface area contributed by atoms with E-state index in [9.17, 15) is 0 Å². The van der Waals surface area contributed by atoms with Crippen molar-refractivity contribution in [2.45, 2.75) is 12.8 Å². The van der Waals surface area contributed by atoms with Crippen LogP contribution in [-0.4, -0.2) is 31.2 Å². The van der Waals surface area contributed by atoms with E-state index in [-0.39, 0.29) is 0 Å². The molecule has 2 aliphatic heterocycles. The van der Waals surface area contributed by atoms with Crippen molar-refractivity contribution < 1.29 is 0 Å². The Bertz CT molecular complexity index is 388. The van der Waals surface area contributed by atoms with Crippen molar-refractivity contribution in [1.82, 2.24) is 10.3 Å². The fraction of sp³-hybridized carbons (Fsp3) is 0.583. The minimum absolute atomic E-state index is 0.511. The Morgan fingerprint density at radius 3 is 3.12 bits per heavy atom. The highest BCUT2D eigenvalue weighted by molar-refractivity contribution is 9.10. The van der Waals surface area contributed by atoms with Gasteiger partial charge in [0.15, 0.2) is 0 Å². The molecule has 0 aromatic carbocycles. The maximum atomic E-state index is 4.47. The van der Waals surface area contributed by atoms with Crippen LogP contribution in [0.3, 0.4) is 0 Å². The van der Waals surface area contributed by atoms with E-state index in [4.69, 9.17) is 0 Å². The van der Waals surface area contributed by atoms with E-state index in [1.807, 2.05) is 12.3 Å². The van der Waals surface area contributed by atoms with Crippen LogP contribution in [0.2, 0.25) is 0 Å². The van der Waals surface area contributed by atoms with E-state index in [0.717, 1.165) is 23.4 Å². The number of anilines is 1. The van der Waals surface area contributed by atoms with Crippen LogP contribution in [0, 0.1) is 5.41 Å². The molecule has 0 radical (unpaired) electrons. The van der Waals surface area contributed by atoms with Gasteiger partial charge in [0.05, 0.1) is 4.47 Å². The van der Waals surface area contributed by atoms with Crippen molar-refractivity contribution in [3.8, 4) is 0 Å². The molecule has 3 nitrogen and oxygen atoms in total. The van der Waals surface area contributed by atoms with Gasteiger partial charge in [-0.05, 0) is 47.4 Å². The zero-order valence-corrected chi connectivity index (χ0v) is 10.8. The van der Waals surface area contributed by atoms with Crippen LogP contribution in [0.25, 0.3) is 0 Å². The second-order valence-electron chi connectivity index (χ2n) is 4.91. The maximum absolute atomic E-state index is 4.47. The zero-order chi connectivity index (χ0) is 11.0. The summed E-state index contributed by atoms with van der Waals surface area (Å²) in [4.78, 5) is 6.89. The van der Waals surface area contributed by atoms with E-state index in [2.05, 4.69) is 37.2 Å². The Morgan fingerprint density at radius 1 is 1.44 bits per heavy atom. The van der Waals surface area contributed by atoms with Crippen LogP contribution >= 0.6 is 15.9 Å². The summed E-state index contributed by atoms with van der Waals surface area (Å²) in [7, 11) is 0. The molecule has 3 heterocycles. The number of pyridine rings is 1. The third kappa shape index (κ3) is 1.74. The molecule has 1 spiro atoms. The van der Waals surface area contributed by atoms with Gasteiger partial charge in [-0.1, -0.05) is 0 Å². The van der Waals surface area contributed by atoms with E-state index >= 15 is 0 Å². The number of nitrogens with zero attached hydrogens (tertiary/aromatic N) is 2. The van der Waals surface area contributed by atoms with Crippen molar-refractivity contribution in [2.24, 2.45) is 5.41 Å². The Hall–Kier alpha value is -0.610. The third-order valence-electron chi connectivity index (χ3n) is 3.81. The lowest BCUT2D eigenvalue weighted by Gasteiger charge is -2.23. The summed E-state index contributed by atoms with van der Waals surface area (Å²) in [6, 6.07) is 4.04. The van der Waals surface area contributed by atoms with Gasteiger partial charge in [0.2, 0.25) is 0 Å². The van der Waals surface area contributed by atoms with Gasteiger partial charge in [0, 0.05) is 31.2 Å². The number of rotatable bonds is 1. The normalized spacial score (nSPS) is 29.2. The predicted octanol–water partition coefficient (Wildman–Crippen LogP) is 2.03. The van der Waals surface area contributed by atoms with Crippen LogP contribution in [-0.2, 0) is 0 Å². The minimum atomic E-state index is 0.511. The lowest BCUT2D eigenvalue weighted by molar-refractivity contribution is 0.369. The molecule has 2 saturated heterocycles. The van der Waals surface area contributed by atoms with Gasteiger partial charge < -0.3 is 10.2 Å². The average molecular weight is 282 g/mol. The largest absolute Gasteiger partial charge is 0.355 e. The number of halogens is 1. The Balaban J connectivity index is 1.81. The molecule has 1 aromatic rings. The molecule has 1 N–H and O–H groups in total. The fourth-order valence-corrected chi connectivity index (χ4v) is 3.38. The number of hydrogen-bond donors (Lipinski definition) is 1. The summed E-state index contributed by atoms with van der Waals surface area (Å²) in [6.07, 6.45) is 4.48. The summed E-state index contributed by atoms with van der Waals surface area (Å²) in [5.41, 5.74) is 0.511. The maximum Gasteiger partial charge on any atom is 0.142 e. The predicted molar refractivity (Wildman–Crippen MR) is 68.7 cm³/mol. The first kappa shape index (κ1) is 10.5. The molecule has 1 unspecified atom stereocenters. The fourth-order valence-electron chi connectivity index (χ4n) is 2.87. The van der Waals surface area contributed by atoms with E-state index < -0.39 is 0 Å². The Morgan fingerprint density at radius 2 is 2.38 bits per heavy atom. The average Bonchev–Trinajstić information content (AvgIpc) is 2.91. The minimum Gasteiger partial charge on any atom is -0.355 e. The first-order chi connectivity index (χ1) is 7.79. The standard InChI is InChI=1S/C12H16BrN3/c13-10-2-1-5-15-11(10)16-7-4-12(9-16)3-6-14-8-12/h1-2,5,14H,3-4,6-9H2. The van der Waals surface area contributed by atoms with Crippen LogP contribution in [0.15, 0.2) is 22.8 Å². The summed E-state index contributed by atoms with van der Waals surface area (Å²) in [6.45, 7) is 4.64. The van der Waals surface area contributed by atoms with E-state index in [1.54, 1.807) is 0 Å². The summed E-state index contributed by atoms with van der Waals surface area (Å²) < 4.78 is 1.11. The van der Waals surface area contributed by atoms with E-state index in [1.165, 1.54) is 25.9 Å². The highest BCUT2D eigenvalue weighted by Crippen LogP contribution is 2.39. The lowest BCUT2D eigenvalue weighted by Crippen LogP contribution is -2.29. The Labute approximate surface area is 104 Å². The molecule has 0 amide bonds. The van der Waals surface area contributed by atoms with Gasteiger partial charge in [-0.15, -0.1) is 0 Å². The molecule has 0 saturated carbocycles.